The molecule has 0 aromatic heterocycles. The van der Waals surface area contributed by atoms with Gasteiger partial charge in [-0.25, -0.2) is 4.39 Å². The summed E-state index contributed by atoms with van der Waals surface area (Å²) in [7, 11) is 0. The zero-order valence-electron chi connectivity index (χ0n) is 7.36. The van der Waals surface area contributed by atoms with Crippen molar-refractivity contribution in [1.82, 2.24) is 5.32 Å². The molecule has 5 heteroatoms. The fourth-order valence-electron chi connectivity index (χ4n) is 1.33. The molecule has 0 bridgehead atoms. The molecule has 78 valence electrons. The smallest absolute Gasteiger partial charge is 0.318 e. The molecule has 1 rings (SSSR count). The van der Waals surface area contributed by atoms with Crippen LogP contribution in [0.2, 0.25) is 0 Å². The summed E-state index contributed by atoms with van der Waals surface area (Å²) in [5, 5.41) is 3.11. The first-order valence-electron chi connectivity index (χ1n) is 4.42. The summed E-state index contributed by atoms with van der Waals surface area (Å²) in [5.41, 5.74) is 0. The number of ether oxygens (including phenoxy) is 1. The number of halogens is 3. The molecule has 1 aliphatic heterocycles. The average Bonchev–Trinajstić information content (AvgIpc) is 2.17. The Hall–Kier alpha value is -0.290. The third-order valence-electron chi connectivity index (χ3n) is 2.14. The third kappa shape index (κ3) is 3.95. The minimum Gasteiger partial charge on any atom is -0.318 e. The molecule has 1 fully saturated rings. The predicted molar refractivity (Wildman–Crippen MR) is 42.5 cm³/mol. The van der Waals surface area contributed by atoms with Crippen LogP contribution in [-0.2, 0) is 4.74 Å². The molecule has 0 aromatic rings. The molecule has 0 aliphatic carbocycles. The minimum absolute atomic E-state index is 0.0431. The van der Waals surface area contributed by atoms with Crippen molar-refractivity contribution in [2.75, 3.05) is 26.4 Å². The van der Waals surface area contributed by atoms with Gasteiger partial charge in [0.1, 0.15) is 0 Å². The van der Waals surface area contributed by atoms with Gasteiger partial charge in [0.05, 0.1) is 6.61 Å². The van der Waals surface area contributed by atoms with Gasteiger partial charge in [-0.1, -0.05) is 0 Å². The van der Waals surface area contributed by atoms with E-state index in [-0.39, 0.29) is 12.5 Å². The van der Waals surface area contributed by atoms with Crippen molar-refractivity contribution >= 4 is 0 Å². The van der Waals surface area contributed by atoms with Crippen molar-refractivity contribution in [2.24, 2.45) is 5.92 Å². The number of piperidine rings is 1. The van der Waals surface area contributed by atoms with E-state index in [4.69, 9.17) is 0 Å². The van der Waals surface area contributed by atoms with Crippen molar-refractivity contribution in [3.05, 3.63) is 0 Å². The summed E-state index contributed by atoms with van der Waals surface area (Å²) in [4.78, 5) is 0. The van der Waals surface area contributed by atoms with Crippen LogP contribution in [0, 0.1) is 5.92 Å². The van der Waals surface area contributed by atoms with Gasteiger partial charge in [-0.3, -0.25) is 0 Å². The molecule has 0 amide bonds. The summed E-state index contributed by atoms with van der Waals surface area (Å²) in [5.74, 6) is 0.138. The van der Waals surface area contributed by atoms with Crippen LogP contribution in [0.25, 0.3) is 0 Å². The Balaban J connectivity index is 2.17. The van der Waals surface area contributed by atoms with Gasteiger partial charge in [0.2, 0.25) is 0 Å². The van der Waals surface area contributed by atoms with Crippen molar-refractivity contribution in [3.8, 4) is 0 Å². The SMILES string of the molecule is FCC(F)(F)OCC1CCNCC1. The Morgan fingerprint density at radius 3 is 2.46 bits per heavy atom. The highest BCUT2D eigenvalue weighted by atomic mass is 19.3. The highest BCUT2D eigenvalue weighted by molar-refractivity contribution is 4.68. The van der Waals surface area contributed by atoms with E-state index in [1.54, 1.807) is 0 Å². The maximum Gasteiger partial charge on any atom is 0.384 e. The van der Waals surface area contributed by atoms with Crippen molar-refractivity contribution in [1.29, 1.82) is 0 Å². The Kier molecular flexibility index (Phi) is 3.99. The number of nitrogens with one attached hydrogen (secondary N) is 1. The highest BCUT2D eigenvalue weighted by Crippen LogP contribution is 2.20. The molecule has 1 N–H and O–H groups in total. The van der Waals surface area contributed by atoms with Gasteiger partial charge in [0.15, 0.2) is 6.67 Å². The fraction of sp³-hybridized carbons (Fsp3) is 1.00. The maximum atomic E-state index is 12.3. The lowest BCUT2D eigenvalue weighted by Gasteiger charge is -2.24. The Bertz CT molecular complexity index is 148. The van der Waals surface area contributed by atoms with E-state index in [1.807, 2.05) is 0 Å². The molecule has 2 nitrogen and oxygen atoms in total. The second kappa shape index (κ2) is 4.81. The van der Waals surface area contributed by atoms with E-state index < -0.39 is 12.8 Å². The standard InChI is InChI=1S/C8H14F3NO/c9-6-8(10,11)13-5-7-1-3-12-4-2-7/h7,12H,1-6H2. The molecule has 0 aromatic carbocycles. The molecule has 0 atom stereocenters. The van der Waals surface area contributed by atoms with Crippen LogP contribution in [0.5, 0.6) is 0 Å². The molecule has 0 saturated carbocycles. The van der Waals surface area contributed by atoms with Gasteiger partial charge in [-0.2, -0.15) is 8.78 Å². The van der Waals surface area contributed by atoms with E-state index >= 15 is 0 Å². The van der Waals surface area contributed by atoms with E-state index in [2.05, 4.69) is 10.1 Å². The van der Waals surface area contributed by atoms with Crippen LogP contribution in [0.4, 0.5) is 13.2 Å². The largest absolute Gasteiger partial charge is 0.384 e. The molecule has 1 aliphatic rings. The molecule has 0 spiro atoms. The van der Waals surface area contributed by atoms with Crippen molar-refractivity contribution < 1.29 is 17.9 Å². The Morgan fingerprint density at radius 1 is 1.31 bits per heavy atom. The van der Waals surface area contributed by atoms with E-state index in [9.17, 15) is 13.2 Å². The third-order valence-corrected chi connectivity index (χ3v) is 2.14. The van der Waals surface area contributed by atoms with Crippen molar-refractivity contribution in [2.45, 2.75) is 19.0 Å². The first kappa shape index (κ1) is 10.8. The molecule has 0 unspecified atom stereocenters. The lowest BCUT2D eigenvalue weighted by Crippen LogP contribution is -2.33. The minimum atomic E-state index is -3.59. The number of alkyl halides is 3. The first-order valence-corrected chi connectivity index (χ1v) is 4.42. The van der Waals surface area contributed by atoms with Gasteiger partial charge >= 0.3 is 6.11 Å². The molecule has 0 radical (unpaired) electrons. The van der Waals surface area contributed by atoms with E-state index in [0.29, 0.717) is 0 Å². The predicted octanol–water partition coefficient (Wildman–Crippen LogP) is 1.56. The summed E-state index contributed by atoms with van der Waals surface area (Å²) in [6.45, 7) is -0.124. The number of rotatable bonds is 4. The van der Waals surface area contributed by atoms with Crippen LogP contribution in [0.15, 0.2) is 0 Å². The normalized spacial score (nSPS) is 20.5. The van der Waals surface area contributed by atoms with Gasteiger partial charge < -0.3 is 10.1 Å². The van der Waals surface area contributed by atoms with Gasteiger partial charge in [-0.05, 0) is 31.8 Å². The quantitative estimate of drug-likeness (QED) is 0.738. The summed E-state index contributed by atoms with van der Waals surface area (Å²) in [6, 6.07) is 0. The summed E-state index contributed by atoms with van der Waals surface area (Å²) < 4.78 is 40.4. The summed E-state index contributed by atoms with van der Waals surface area (Å²) in [6.07, 6.45) is -1.95. The van der Waals surface area contributed by atoms with Crippen LogP contribution in [0.3, 0.4) is 0 Å². The monoisotopic (exact) mass is 197 g/mol. The van der Waals surface area contributed by atoms with E-state index in [1.165, 1.54) is 0 Å². The summed E-state index contributed by atoms with van der Waals surface area (Å²) >= 11 is 0. The second-order valence-corrected chi connectivity index (χ2v) is 3.28. The van der Waals surface area contributed by atoms with Crippen LogP contribution >= 0.6 is 0 Å². The van der Waals surface area contributed by atoms with Gasteiger partial charge in [0.25, 0.3) is 0 Å². The van der Waals surface area contributed by atoms with Crippen LogP contribution in [0.1, 0.15) is 12.8 Å². The Morgan fingerprint density at radius 2 is 1.92 bits per heavy atom. The van der Waals surface area contributed by atoms with Crippen molar-refractivity contribution in [3.63, 3.8) is 0 Å². The highest BCUT2D eigenvalue weighted by Gasteiger charge is 2.31. The molecule has 1 saturated heterocycles. The number of hydrogen-bond acceptors (Lipinski definition) is 2. The second-order valence-electron chi connectivity index (χ2n) is 3.28. The van der Waals surface area contributed by atoms with E-state index in [0.717, 1.165) is 25.9 Å². The van der Waals surface area contributed by atoms with Crippen LogP contribution in [-0.4, -0.2) is 32.5 Å². The van der Waals surface area contributed by atoms with Gasteiger partial charge in [0, 0.05) is 0 Å². The molecule has 1 heterocycles. The molecular weight excluding hydrogens is 183 g/mol. The first-order chi connectivity index (χ1) is 6.14. The fourth-order valence-corrected chi connectivity index (χ4v) is 1.33. The molecule has 13 heavy (non-hydrogen) atoms. The topological polar surface area (TPSA) is 21.3 Å². The average molecular weight is 197 g/mol. The Labute approximate surface area is 75.4 Å². The lowest BCUT2D eigenvalue weighted by atomic mass is 9.99. The lowest BCUT2D eigenvalue weighted by molar-refractivity contribution is -0.252. The molecular formula is C8H14F3NO. The number of hydrogen-bond donors (Lipinski definition) is 1. The zero-order valence-corrected chi connectivity index (χ0v) is 7.36. The zero-order chi connectivity index (χ0) is 9.73. The van der Waals surface area contributed by atoms with Gasteiger partial charge in [-0.15, -0.1) is 0 Å². The maximum absolute atomic E-state index is 12.3. The van der Waals surface area contributed by atoms with Crippen LogP contribution < -0.4 is 5.32 Å².